The molecule has 0 fully saturated rings. The third-order valence-electron chi connectivity index (χ3n) is 3.13. The van der Waals surface area contributed by atoms with Crippen molar-refractivity contribution >= 4 is 23.0 Å². The van der Waals surface area contributed by atoms with Gasteiger partial charge in [0, 0.05) is 35.6 Å². The lowest BCUT2D eigenvalue weighted by Crippen LogP contribution is -2.12. The molecule has 0 aromatic heterocycles. The molecule has 94 valence electrons. The first-order chi connectivity index (χ1) is 9.25. The molecule has 2 nitrogen and oxygen atoms in total. The molecular weight excluding hydrogens is 256 g/mol. The van der Waals surface area contributed by atoms with Crippen LogP contribution in [-0.2, 0) is 0 Å². The maximum Gasteiger partial charge on any atom is 0.0796 e. The predicted molar refractivity (Wildman–Crippen MR) is 81.1 cm³/mol. The highest BCUT2D eigenvalue weighted by Crippen LogP contribution is 2.28. The molecular formula is C16H13ClN2. The maximum absolute atomic E-state index is 6.14. The topological polar surface area (TPSA) is 15.6 Å². The minimum absolute atomic E-state index is 0.720. The number of rotatable bonds is 1. The molecule has 0 atom stereocenters. The molecule has 0 N–H and O–H groups in total. The fourth-order valence-corrected chi connectivity index (χ4v) is 2.36. The lowest BCUT2D eigenvalue weighted by Gasteiger charge is -2.17. The number of benzene rings is 2. The molecule has 0 saturated heterocycles. The third-order valence-corrected chi connectivity index (χ3v) is 3.37. The molecule has 0 bridgehead atoms. The minimum atomic E-state index is 0.720. The molecule has 0 saturated carbocycles. The first-order valence-electron chi connectivity index (χ1n) is 6.08. The Morgan fingerprint density at radius 3 is 2.63 bits per heavy atom. The van der Waals surface area contributed by atoms with E-state index in [1.807, 2.05) is 60.7 Å². The van der Waals surface area contributed by atoms with Gasteiger partial charge in [0.1, 0.15) is 0 Å². The number of anilines is 1. The first-order valence-corrected chi connectivity index (χ1v) is 6.46. The van der Waals surface area contributed by atoms with Crippen LogP contribution in [0.5, 0.6) is 0 Å². The SMILES string of the molecule is CN1C=CN=C(c2ccccc2)c2cc(Cl)ccc21. The van der Waals surface area contributed by atoms with Gasteiger partial charge in [-0.2, -0.15) is 0 Å². The summed E-state index contributed by atoms with van der Waals surface area (Å²) in [6.07, 6.45) is 3.76. The van der Waals surface area contributed by atoms with E-state index in [2.05, 4.69) is 17.1 Å². The Balaban J connectivity index is 2.22. The number of hydrogen-bond acceptors (Lipinski definition) is 2. The Hall–Kier alpha value is -2.06. The Morgan fingerprint density at radius 1 is 1.05 bits per heavy atom. The lowest BCUT2D eigenvalue weighted by atomic mass is 10.0. The molecule has 0 amide bonds. The van der Waals surface area contributed by atoms with E-state index in [0.29, 0.717) is 0 Å². The summed E-state index contributed by atoms with van der Waals surface area (Å²) in [5.41, 5.74) is 4.18. The molecule has 2 aromatic rings. The molecule has 1 aliphatic heterocycles. The molecule has 0 spiro atoms. The van der Waals surface area contributed by atoms with Crippen LogP contribution >= 0.6 is 11.6 Å². The van der Waals surface area contributed by atoms with E-state index < -0.39 is 0 Å². The van der Waals surface area contributed by atoms with Gasteiger partial charge >= 0.3 is 0 Å². The number of halogens is 1. The van der Waals surface area contributed by atoms with Gasteiger partial charge in [0.05, 0.1) is 11.4 Å². The number of fused-ring (bicyclic) bond motifs is 1. The first kappa shape index (κ1) is 12.0. The Kier molecular flexibility index (Phi) is 3.10. The van der Waals surface area contributed by atoms with Crippen LogP contribution < -0.4 is 4.90 Å². The van der Waals surface area contributed by atoms with Gasteiger partial charge in [-0.15, -0.1) is 0 Å². The average Bonchev–Trinajstić information content (AvgIpc) is 2.59. The zero-order chi connectivity index (χ0) is 13.2. The fraction of sp³-hybridized carbons (Fsp3) is 0.0625. The van der Waals surface area contributed by atoms with Crippen molar-refractivity contribution < 1.29 is 0 Å². The van der Waals surface area contributed by atoms with E-state index in [0.717, 1.165) is 27.5 Å². The second-order valence-electron chi connectivity index (χ2n) is 4.41. The zero-order valence-electron chi connectivity index (χ0n) is 10.5. The van der Waals surface area contributed by atoms with Gasteiger partial charge in [0.25, 0.3) is 0 Å². The van der Waals surface area contributed by atoms with Gasteiger partial charge in [-0.05, 0) is 18.2 Å². The van der Waals surface area contributed by atoms with Gasteiger partial charge in [0.2, 0.25) is 0 Å². The monoisotopic (exact) mass is 268 g/mol. The van der Waals surface area contributed by atoms with Crippen molar-refractivity contribution in [2.45, 2.75) is 0 Å². The smallest absolute Gasteiger partial charge is 0.0796 e. The van der Waals surface area contributed by atoms with Gasteiger partial charge in [-0.1, -0.05) is 41.9 Å². The van der Waals surface area contributed by atoms with Crippen LogP contribution in [0.15, 0.2) is 65.9 Å². The highest BCUT2D eigenvalue weighted by Gasteiger charge is 2.15. The van der Waals surface area contributed by atoms with Crippen molar-refractivity contribution in [1.29, 1.82) is 0 Å². The molecule has 0 aliphatic carbocycles. The molecule has 0 radical (unpaired) electrons. The van der Waals surface area contributed by atoms with Crippen molar-refractivity contribution in [3.8, 4) is 0 Å². The highest BCUT2D eigenvalue weighted by atomic mass is 35.5. The summed E-state index contributed by atoms with van der Waals surface area (Å²) in [5, 5.41) is 0.720. The van der Waals surface area contributed by atoms with Crippen molar-refractivity contribution in [2.24, 2.45) is 4.99 Å². The van der Waals surface area contributed by atoms with Crippen LogP contribution in [0.3, 0.4) is 0 Å². The average molecular weight is 269 g/mol. The largest absolute Gasteiger partial charge is 0.349 e. The van der Waals surface area contributed by atoms with Crippen LogP contribution in [0.25, 0.3) is 0 Å². The maximum atomic E-state index is 6.14. The molecule has 1 aliphatic rings. The number of aliphatic imine (C=N–C) groups is 1. The van der Waals surface area contributed by atoms with E-state index in [-0.39, 0.29) is 0 Å². The molecule has 0 unspecified atom stereocenters. The molecule has 1 heterocycles. The highest BCUT2D eigenvalue weighted by molar-refractivity contribution is 6.31. The van der Waals surface area contributed by atoms with Crippen molar-refractivity contribution in [2.75, 3.05) is 11.9 Å². The zero-order valence-corrected chi connectivity index (χ0v) is 11.3. The summed E-state index contributed by atoms with van der Waals surface area (Å²) in [6, 6.07) is 16.0. The van der Waals surface area contributed by atoms with Gasteiger partial charge in [-0.3, -0.25) is 4.99 Å². The van der Waals surface area contributed by atoms with Crippen LogP contribution in [-0.4, -0.2) is 12.8 Å². The molecule has 3 rings (SSSR count). The van der Waals surface area contributed by atoms with Gasteiger partial charge < -0.3 is 4.90 Å². The number of hydrogen-bond donors (Lipinski definition) is 0. The van der Waals surface area contributed by atoms with E-state index in [1.54, 1.807) is 0 Å². The summed E-state index contributed by atoms with van der Waals surface area (Å²) in [5.74, 6) is 0. The van der Waals surface area contributed by atoms with Crippen molar-refractivity contribution in [3.05, 3.63) is 77.1 Å². The number of nitrogens with zero attached hydrogens (tertiary/aromatic N) is 2. The third kappa shape index (κ3) is 2.27. The second kappa shape index (κ2) is 4.90. The predicted octanol–water partition coefficient (Wildman–Crippen LogP) is 4.10. The Bertz CT molecular complexity index is 660. The van der Waals surface area contributed by atoms with Crippen molar-refractivity contribution in [3.63, 3.8) is 0 Å². The Morgan fingerprint density at radius 2 is 1.84 bits per heavy atom. The lowest BCUT2D eigenvalue weighted by molar-refractivity contribution is 1.20. The van der Waals surface area contributed by atoms with E-state index in [4.69, 9.17) is 11.6 Å². The van der Waals surface area contributed by atoms with E-state index >= 15 is 0 Å². The van der Waals surface area contributed by atoms with Crippen LogP contribution in [0.1, 0.15) is 11.1 Å². The quantitative estimate of drug-likeness (QED) is 0.760. The standard InChI is InChI=1S/C16H13ClN2/c1-19-10-9-18-16(12-5-3-2-4-6-12)14-11-13(17)7-8-15(14)19/h2-11H,1H3. The minimum Gasteiger partial charge on any atom is -0.349 e. The molecule has 3 heteroatoms. The van der Waals surface area contributed by atoms with Gasteiger partial charge in [0.15, 0.2) is 0 Å². The van der Waals surface area contributed by atoms with Gasteiger partial charge in [-0.25, -0.2) is 0 Å². The summed E-state index contributed by atoms with van der Waals surface area (Å²) >= 11 is 6.14. The Labute approximate surface area is 117 Å². The normalized spacial score (nSPS) is 13.8. The summed E-state index contributed by atoms with van der Waals surface area (Å²) in [7, 11) is 2.01. The van der Waals surface area contributed by atoms with Crippen molar-refractivity contribution in [1.82, 2.24) is 0 Å². The summed E-state index contributed by atoms with van der Waals surface area (Å²) in [6.45, 7) is 0. The van der Waals surface area contributed by atoms with Crippen LogP contribution in [0, 0.1) is 0 Å². The van der Waals surface area contributed by atoms with E-state index in [1.165, 1.54) is 0 Å². The molecule has 2 aromatic carbocycles. The second-order valence-corrected chi connectivity index (χ2v) is 4.85. The summed E-state index contributed by atoms with van der Waals surface area (Å²) < 4.78 is 0. The van der Waals surface area contributed by atoms with E-state index in [9.17, 15) is 0 Å². The summed E-state index contributed by atoms with van der Waals surface area (Å²) in [4.78, 5) is 6.61. The van der Waals surface area contributed by atoms with Crippen LogP contribution in [0.4, 0.5) is 5.69 Å². The molecule has 19 heavy (non-hydrogen) atoms. The van der Waals surface area contributed by atoms with Crippen LogP contribution in [0.2, 0.25) is 5.02 Å². The fourth-order valence-electron chi connectivity index (χ4n) is 2.19.